The zero-order chi connectivity index (χ0) is 9.14. The molecule has 0 N–H and O–H groups in total. The van der Waals surface area contributed by atoms with Crippen LogP contribution in [-0.2, 0) is 9.47 Å². The van der Waals surface area contributed by atoms with Gasteiger partial charge in [0, 0.05) is 19.1 Å². The van der Waals surface area contributed by atoms with Gasteiger partial charge in [-0.2, -0.15) is 0 Å². The minimum absolute atomic E-state index is 0.205. The molecule has 2 nitrogen and oxygen atoms in total. The van der Waals surface area contributed by atoms with E-state index in [0.717, 1.165) is 4.88 Å². The van der Waals surface area contributed by atoms with E-state index in [1.54, 1.807) is 25.6 Å². The van der Waals surface area contributed by atoms with Crippen molar-refractivity contribution in [2.24, 2.45) is 0 Å². The molecule has 0 aliphatic carbocycles. The van der Waals surface area contributed by atoms with E-state index in [4.69, 9.17) is 9.47 Å². The van der Waals surface area contributed by atoms with E-state index >= 15 is 0 Å². The molecular formula is C9H14O2S. The molecule has 0 bridgehead atoms. The highest BCUT2D eigenvalue weighted by Crippen LogP contribution is 2.29. The fourth-order valence-corrected chi connectivity index (χ4v) is 2.29. The van der Waals surface area contributed by atoms with Crippen LogP contribution in [0.2, 0.25) is 0 Å². The first-order chi connectivity index (χ1) is 5.69. The number of aryl methyl sites for hydroxylation is 2. The lowest BCUT2D eigenvalue weighted by Gasteiger charge is -2.11. The molecule has 1 heterocycles. The molecule has 0 amide bonds. The zero-order valence-electron chi connectivity index (χ0n) is 7.88. The number of hydrogen-bond acceptors (Lipinski definition) is 3. The van der Waals surface area contributed by atoms with Gasteiger partial charge >= 0.3 is 0 Å². The van der Waals surface area contributed by atoms with E-state index in [2.05, 4.69) is 19.9 Å². The molecule has 3 heteroatoms. The van der Waals surface area contributed by atoms with Gasteiger partial charge in [0.25, 0.3) is 0 Å². The topological polar surface area (TPSA) is 18.5 Å². The monoisotopic (exact) mass is 186 g/mol. The fraction of sp³-hybridized carbons (Fsp3) is 0.556. The van der Waals surface area contributed by atoms with E-state index in [1.165, 1.54) is 10.4 Å². The third kappa shape index (κ3) is 1.86. The summed E-state index contributed by atoms with van der Waals surface area (Å²) in [7, 11) is 3.31. The number of methoxy groups -OCH3 is 2. The van der Waals surface area contributed by atoms with Crippen LogP contribution in [-0.4, -0.2) is 14.2 Å². The van der Waals surface area contributed by atoms with Gasteiger partial charge in [-0.05, 0) is 25.5 Å². The minimum Gasteiger partial charge on any atom is -0.351 e. The lowest BCUT2D eigenvalue weighted by molar-refractivity contribution is -0.103. The fourth-order valence-electron chi connectivity index (χ4n) is 1.20. The summed E-state index contributed by atoms with van der Waals surface area (Å²) in [5, 5.41) is 0. The van der Waals surface area contributed by atoms with Crippen LogP contribution in [0.1, 0.15) is 21.6 Å². The molecule has 0 atom stereocenters. The second kappa shape index (κ2) is 4.03. The molecule has 1 rings (SSSR count). The van der Waals surface area contributed by atoms with Crippen molar-refractivity contribution in [3.63, 3.8) is 0 Å². The third-order valence-corrected chi connectivity index (χ3v) is 2.90. The normalized spacial score (nSPS) is 11.1. The standard InChI is InChI=1S/C9H14O2S/c1-6-5-7(2)12-8(6)9(10-3)11-4/h5,9H,1-4H3. The Kier molecular flexibility index (Phi) is 3.26. The van der Waals surface area contributed by atoms with Crippen molar-refractivity contribution >= 4 is 11.3 Å². The SMILES string of the molecule is COC(OC)c1sc(C)cc1C. The van der Waals surface area contributed by atoms with Crippen LogP contribution in [0.3, 0.4) is 0 Å². The highest BCUT2D eigenvalue weighted by atomic mass is 32.1. The van der Waals surface area contributed by atoms with E-state index < -0.39 is 0 Å². The van der Waals surface area contributed by atoms with E-state index in [-0.39, 0.29) is 6.29 Å². The van der Waals surface area contributed by atoms with Crippen LogP contribution in [0.4, 0.5) is 0 Å². The van der Waals surface area contributed by atoms with Crippen molar-refractivity contribution in [2.45, 2.75) is 20.1 Å². The number of thiophene rings is 1. The molecule has 0 saturated carbocycles. The molecule has 0 saturated heterocycles. The quantitative estimate of drug-likeness (QED) is 0.676. The third-order valence-electron chi connectivity index (χ3n) is 1.72. The molecule has 0 fully saturated rings. The molecule has 12 heavy (non-hydrogen) atoms. The predicted molar refractivity (Wildman–Crippen MR) is 50.6 cm³/mol. The lowest BCUT2D eigenvalue weighted by atomic mass is 10.2. The van der Waals surface area contributed by atoms with Crippen LogP contribution in [0.25, 0.3) is 0 Å². The van der Waals surface area contributed by atoms with Gasteiger partial charge in [-0.15, -0.1) is 11.3 Å². The van der Waals surface area contributed by atoms with Crippen molar-refractivity contribution in [2.75, 3.05) is 14.2 Å². The van der Waals surface area contributed by atoms with Gasteiger partial charge in [0.2, 0.25) is 0 Å². The van der Waals surface area contributed by atoms with Gasteiger partial charge in [0.15, 0.2) is 6.29 Å². The smallest absolute Gasteiger partial charge is 0.192 e. The first kappa shape index (κ1) is 9.71. The van der Waals surface area contributed by atoms with Crippen LogP contribution >= 0.6 is 11.3 Å². The lowest BCUT2D eigenvalue weighted by Crippen LogP contribution is -2.02. The summed E-state index contributed by atoms with van der Waals surface area (Å²) in [6, 6.07) is 2.14. The summed E-state index contributed by atoms with van der Waals surface area (Å²) >= 11 is 1.72. The van der Waals surface area contributed by atoms with Crippen molar-refractivity contribution < 1.29 is 9.47 Å². The Hall–Kier alpha value is -0.380. The number of rotatable bonds is 3. The summed E-state index contributed by atoms with van der Waals surface area (Å²) in [4.78, 5) is 2.46. The van der Waals surface area contributed by atoms with Crippen LogP contribution < -0.4 is 0 Å². The van der Waals surface area contributed by atoms with Gasteiger partial charge in [0.1, 0.15) is 0 Å². The Labute approximate surface area is 77.1 Å². The molecule has 0 unspecified atom stereocenters. The maximum Gasteiger partial charge on any atom is 0.192 e. The molecule has 68 valence electrons. The highest BCUT2D eigenvalue weighted by Gasteiger charge is 2.14. The van der Waals surface area contributed by atoms with Gasteiger partial charge < -0.3 is 9.47 Å². The summed E-state index contributed by atoms with van der Waals surface area (Å²) in [6.45, 7) is 4.16. The molecular weight excluding hydrogens is 172 g/mol. The molecule has 1 aromatic rings. The summed E-state index contributed by atoms with van der Waals surface area (Å²) in [6.07, 6.45) is -0.205. The molecule has 0 spiro atoms. The van der Waals surface area contributed by atoms with E-state index in [9.17, 15) is 0 Å². The summed E-state index contributed by atoms with van der Waals surface area (Å²) in [5.41, 5.74) is 1.24. The van der Waals surface area contributed by atoms with E-state index in [1.807, 2.05) is 0 Å². The predicted octanol–water partition coefficient (Wildman–Crippen LogP) is 2.66. The summed E-state index contributed by atoms with van der Waals surface area (Å²) in [5.74, 6) is 0. The van der Waals surface area contributed by atoms with Gasteiger partial charge in [0.05, 0.1) is 4.88 Å². The second-order valence-corrected chi connectivity index (χ2v) is 4.00. The zero-order valence-corrected chi connectivity index (χ0v) is 8.70. The molecule has 0 aromatic carbocycles. The van der Waals surface area contributed by atoms with E-state index in [0.29, 0.717) is 0 Å². The molecule has 0 radical (unpaired) electrons. The average molecular weight is 186 g/mol. The Morgan fingerprint density at radius 1 is 1.25 bits per heavy atom. The highest BCUT2D eigenvalue weighted by molar-refractivity contribution is 7.12. The van der Waals surface area contributed by atoms with Gasteiger partial charge in [-0.25, -0.2) is 0 Å². The largest absolute Gasteiger partial charge is 0.351 e. The molecule has 0 aliphatic rings. The second-order valence-electron chi connectivity index (χ2n) is 2.71. The van der Waals surface area contributed by atoms with Gasteiger partial charge in [-0.3, -0.25) is 0 Å². The maximum atomic E-state index is 5.17. The summed E-state index contributed by atoms with van der Waals surface area (Å²) < 4.78 is 10.3. The Morgan fingerprint density at radius 3 is 2.17 bits per heavy atom. The minimum atomic E-state index is -0.205. The van der Waals surface area contributed by atoms with Crippen molar-refractivity contribution in [3.8, 4) is 0 Å². The average Bonchev–Trinajstić information content (AvgIpc) is 2.34. The van der Waals surface area contributed by atoms with Crippen LogP contribution in [0.5, 0.6) is 0 Å². The number of ether oxygens (including phenoxy) is 2. The van der Waals surface area contributed by atoms with Crippen molar-refractivity contribution in [1.82, 2.24) is 0 Å². The first-order valence-electron chi connectivity index (χ1n) is 3.81. The van der Waals surface area contributed by atoms with Gasteiger partial charge in [-0.1, -0.05) is 0 Å². The maximum absolute atomic E-state index is 5.17. The first-order valence-corrected chi connectivity index (χ1v) is 4.63. The van der Waals surface area contributed by atoms with Crippen molar-refractivity contribution in [1.29, 1.82) is 0 Å². The van der Waals surface area contributed by atoms with Crippen LogP contribution in [0, 0.1) is 13.8 Å². The number of hydrogen-bond donors (Lipinski definition) is 0. The van der Waals surface area contributed by atoms with Crippen molar-refractivity contribution in [3.05, 3.63) is 21.4 Å². The molecule has 0 aliphatic heterocycles. The van der Waals surface area contributed by atoms with Crippen LogP contribution in [0.15, 0.2) is 6.07 Å². The Morgan fingerprint density at radius 2 is 1.83 bits per heavy atom. The molecule has 1 aromatic heterocycles. The Balaban J connectivity index is 2.91. The Bertz CT molecular complexity index is 251.